The van der Waals surface area contributed by atoms with Gasteiger partial charge in [0.2, 0.25) is 6.79 Å². The number of esters is 1. The van der Waals surface area contributed by atoms with E-state index in [1.165, 1.54) is 6.92 Å². The van der Waals surface area contributed by atoms with Gasteiger partial charge in [0.15, 0.2) is 0 Å². The van der Waals surface area contributed by atoms with Crippen LogP contribution in [0.15, 0.2) is 30.5 Å². The minimum Gasteiger partial charge on any atom is -0.457 e. The van der Waals surface area contributed by atoms with Gasteiger partial charge in [-0.3, -0.25) is 4.79 Å². The lowest BCUT2D eigenvalue weighted by Gasteiger charge is -2.05. The summed E-state index contributed by atoms with van der Waals surface area (Å²) >= 11 is 0. The Balaban J connectivity index is 2.04. The van der Waals surface area contributed by atoms with Crippen molar-refractivity contribution in [3.63, 3.8) is 0 Å². The molecule has 4 nitrogen and oxygen atoms in total. The van der Waals surface area contributed by atoms with Gasteiger partial charge in [0.1, 0.15) is 5.75 Å². The lowest BCUT2D eigenvalue weighted by molar-refractivity contribution is -0.147. The van der Waals surface area contributed by atoms with E-state index < -0.39 is 0 Å². The highest BCUT2D eigenvalue weighted by molar-refractivity contribution is 5.80. The number of fused-ring (bicyclic) bond motifs is 1. The van der Waals surface area contributed by atoms with Gasteiger partial charge in [0, 0.05) is 24.7 Å². The highest BCUT2D eigenvalue weighted by Gasteiger charge is 1.98. The molecule has 0 spiro atoms. The molecule has 4 heteroatoms. The fourth-order valence-corrected chi connectivity index (χ4v) is 1.30. The molecule has 78 valence electrons. The third-order valence-electron chi connectivity index (χ3n) is 2.01. The van der Waals surface area contributed by atoms with E-state index >= 15 is 0 Å². The molecule has 0 saturated heterocycles. The van der Waals surface area contributed by atoms with Crippen LogP contribution in [0.25, 0.3) is 10.9 Å². The van der Waals surface area contributed by atoms with Gasteiger partial charge in [0.05, 0.1) is 0 Å². The molecule has 1 aromatic heterocycles. The average Bonchev–Trinajstić information content (AvgIpc) is 2.64. The van der Waals surface area contributed by atoms with E-state index in [0.29, 0.717) is 5.75 Å². The molecule has 1 heterocycles. The van der Waals surface area contributed by atoms with E-state index in [1.54, 1.807) is 0 Å². The Morgan fingerprint density at radius 3 is 3.07 bits per heavy atom. The maximum atomic E-state index is 10.5. The molecular weight excluding hydrogens is 194 g/mol. The van der Waals surface area contributed by atoms with Crippen molar-refractivity contribution in [1.82, 2.24) is 4.98 Å². The Labute approximate surface area is 86.8 Å². The molecule has 0 radical (unpaired) electrons. The molecule has 0 unspecified atom stereocenters. The molecule has 15 heavy (non-hydrogen) atoms. The summed E-state index contributed by atoms with van der Waals surface area (Å²) in [5.41, 5.74) is 0.996. The van der Waals surface area contributed by atoms with Gasteiger partial charge >= 0.3 is 5.97 Å². The maximum Gasteiger partial charge on any atom is 0.305 e. The molecule has 1 aromatic carbocycles. The Kier molecular flexibility index (Phi) is 2.58. The summed E-state index contributed by atoms with van der Waals surface area (Å²) < 4.78 is 9.90. The number of hydrogen-bond acceptors (Lipinski definition) is 3. The second-order valence-electron chi connectivity index (χ2n) is 3.12. The molecule has 0 fully saturated rings. The van der Waals surface area contributed by atoms with Gasteiger partial charge < -0.3 is 14.5 Å². The van der Waals surface area contributed by atoms with Crippen LogP contribution in [0.4, 0.5) is 0 Å². The van der Waals surface area contributed by atoms with Crippen molar-refractivity contribution >= 4 is 16.9 Å². The van der Waals surface area contributed by atoms with Crippen molar-refractivity contribution in [3.05, 3.63) is 30.5 Å². The van der Waals surface area contributed by atoms with Gasteiger partial charge in [0.25, 0.3) is 0 Å². The highest BCUT2D eigenvalue weighted by Crippen LogP contribution is 2.19. The SMILES string of the molecule is CC(=O)OCOc1ccc2cc[nH]c2c1. The maximum absolute atomic E-state index is 10.5. The standard InChI is InChI=1S/C11H11NO3/c1-8(13)14-7-15-10-3-2-9-4-5-12-11(9)6-10/h2-6,12H,7H2,1H3. The van der Waals surface area contributed by atoms with Crippen molar-refractivity contribution < 1.29 is 14.3 Å². The van der Waals surface area contributed by atoms with Gasteiger partial charge in [-0.25, -0.2) is 0 Å². The molecule has 0 aliphatic heterocycles. The average molecular weight is 205 g/mol. The number of benzene rings is 1. The fourth-order valence-electron chi connectivity index (χ4n) is 1.30. The normalized spacial score (nSPS) is 10.2. The largest absolute Gasteiger partial charge is 0.457 e. The molecule has 0 bridgehead atoms. The molecule has 0 atom stereocenters. The number of carbonyl (C=O) groups excluding carboxylic acids is 1. The minimum atomic E-state index is -0.351. The van der Waals surface area contributed by atoms with Crippen molar-refractivity contribution in [2.24, 2.45) is 0 Å². The van der Waals surface area contributed by atoms with Gasteiger partial charge in [-0.1, -0.05) is 0 Å². The van der Waals surface area contributed by atoms with Crippen molar-refractivity contribution in [3.8, 4) is 5.75 Å². The van der Waals surface area contributed by atoms with Crippen LogP contribution in [-0.2, 0) is 9.53 Å². The number of aromatic nitrogens is 1. The number of hydrogen-bond donors (Lipinski definition) is 1. The second-order valence-corrected chi connectivity index (χ2v) is 3.12. The summed E-state index contributed by atoms with van der Waals surface area (Å²) in [5.74, 6) is 0.321. The zero-order valence-corrected chi connectivity index (χ0v) is 8.32. The predicted octanol–water partition coefficient (Wildman–Crippen LogP) is 2.07. The molecule has 0 saturated carbocycles. The number of rotatable bonds is 3. The molecule has 0 aliphatic rings. The fraction of sp³-hybridized carbons (Fsp3) is 0.182. The monoisotopic (exact) mass is 205 g/mol. The Hall–Kier alpha value is -1.97. The Morgan fingerprint density at radius 1 is 1.40 bits per heavy atom. The smallest absolute Gasteiger partial charge is 0.305 e. The topological polar surface area (TPSA) is 51.3 Å². The number of aromatic amines is 1. The lowest BCUT2D eigenvalue weighted by Crippen LogP contribution is -2.06. The summed E-state index contributed by atoms with van der Waals surface area (Å²) in [5, 5.41) is 1.12. The van der Waals surface area contributed by atoms with Crippen molar-refractivity contribution in [2.75, 3.05) is 6.79 Å². The van der Waals surface area contributed by atoms with E-state index in [-0.39, 0.29) is 12.8 Å². The molecule has 0 amide bonds. The molecule has 2 rings (SSSR count). The van der Waals surface area contributed by atoms with E-state index in [9.17, 15) is 4.79 Å². The Morgan fingerprint density at radius 2 is 2.27 bits per heavy atom. The van der Waals surface area contributed by atoms with Crippen LogP contribution in [0.3, 0.4) is 0 Å². The predicted molar refractivity (Wildman–Crippen MR) is 55.6 cm³/mol. The first-order chi connectivity index (χ1) is 7.25. The summed E-state index contributed by atoms with van der Waals surface area (Å²) in [7, 11) is 0. The van der Waals surface area contributed by atoms with Crippen LogP contribution in [0.5, 0.6) is 5.75 Å². The number of H-pyrrole nitrogens is 1. The van der Waals surface area contributed by atoms with Gasteiger partial charge in [-0.15, -0.1) is 0 Å². The number of carbonyl (C=O) groups is 1. The quantitative estimate of drug-likeness (QED) is 0.616. The van der Waals surface area contributed by atoms with Crippen LogP contribution in [0, 0.1) is 0 Å². The second kappa shape index (κ2) is 4.04. The van der Waals surface area contributed by atoms with Crippen LogP contribution in [0.1, 0.15) is 6.92 Å². The summed E-state index contributed by atoms with van der Waals surface area (Å²) in [6.07, 6.45) is 1.86. The molecule has 2 aromatic rings. The van der Waals surface area contributed by atoms with E-state index in [1.807, 2.05) is 30.5 Å². The number of nitrogens with one attached hydrogen (secondary N) is 1. The van der Waals surface area contributed by atoms with Crippen molar-refractivity contribution in [1.29, 1.82) is 0 Å². The molecule has 1 N–H and O–H groups in total. The van der Waals surface area contributed by atoms with Crippen LogP contribution in [0.2, 0.25) is 0 Å². The highest BCUT2D eigenvalue weighted by atomic mass is 16.7. The van der Waals surface area contributed by atoms with Crippen LogP contribution >= 0.6 is 0 Å². The Bertz CT molecular complexity index is 475. The van der Waals surface area contributed by atoms with E-state index in [2.05, 4.69) is 9.72 Å². The lowest BCUT2D eigenvalue weighted by atomic mass is 10.2. The first kappa shape index (κ1) is 9.58. The molecule has 0 aliphatic carbocycles. The van der Waals surface area contributed by atoms with Gasteiger partial charge in [-0.05, 0) is 23.6 Å². The zero-order valence-electron chi connectivity index (χ0n) is 8.32. The minimum absolute atomic E-state index is 0.0540. The van der Waals surface area contributed by atoms with E-state index in [4.69, 9.17) is 4.74 Å². The van der Waals surface area contributed by atoms with Gasteiger partial charge in [-0.2, -0.15) is 0 Å². The first-order valence-electron chi connectivity index (χ1n) is 4.59. The zero-order chi connectivity index (χ0) is 10.7. The first-order valence-corrected chi connectivity index (χ1v) is 4.59. The summed E-state index contributed by atoms with van der Waals surface area (Å²) in [6.45, 7) is 1.29. The third kappa shape index (κ3) is 2.28. The van der Waals surface area contributed by atoms with E-state index in [0.717, 1.165) is 10.9 Å². The third-order valence-corrected chi connectivity index (χ3v) is 2.01. The summed E-state index contributed by atoms with van der Waals surface area (Å²) in [4.78, 5) is 13.6. The van der Waals surface area contributed by atoms with Crippen LogP contribution < -0.4 is 4.74 Å². The van der Waals surface area contributed by atoms with Crippen LogP contribution in [-0.4, -0.2) is 17.7 Å². The van der Waals surface area contributed by atoms with Crippen molar-refractivity contribution in [2.45, 2.75) is 6.92 Å². The summed E-state index contributed by atoms with van der Waals surface area (Å²) in [6, 6.07) is 7.61. The number of ether oxygens (including phenoxy) is 2. The molecular formula is C11H11NO3.